The number of nitrogens with one attached hydrogen (secondary N) is 2. The number of likely N-dealkylation sites (tertiary alicyclic amines) is 1. The van der Waals surface area contributed by atoms with E-state index in [-0.39, 0.29) is 35.5 Å². The number of aryl methyl sites for hydroxylation is 2. The molecule has 1 aromatic rings. The molecule has 0 aromatic carbocycles. The standard InChI is InChI=1S/C20H27N5O2S/c1-11-12(2)28-15(24-11)10-23-20(21-3)22-7-4-8-25-18(26)16-13-5-6-14(9-13)17(16)19(25)27/h5-6,13-14,16-17H,4,7-10H2,1-3H3,(H2,21,22,23). The molecule has 7 nitrogen and oxygen atoms in total. The van der Waals surface area contributed by atoms with Gasteiger partial charge in [0.15, 0.2) is 5.96 Å². The number of carbonyl (C=O) groups is 2. The van der Waals surface area contributed by atoms with Crippen molar-refractivity contribution >= 4 is 29.1 Å². The maximum Gasteiger partial charge on any atom is 0.233 e. The number of thiazole rings is 1. The van der Waals surface area contributed by atoms with E-state index in [1.165, 1.54) is 9.78 Å². The second kappa shape index (κ2) is 7.66. The Balaban J connectivity index is 1.22. The minimum atomic E-state index is -0.102. The van der Waals surface area contributed by atoms with Crippen LogP contribution in [0, 0.1) is 37.5 Å². The van der Waals surface area contributed by atoms with Gasteiger partial charge in [0.25, 0.3) is 0 Å². The third-order valence-electron chi connectivity index (χ3n) is 6.12. The first-order valence-electron chi connectivity index (χ1n) is 9.90. The number of carbonyl (C=O) groups excluding carboxylic acids is 2. The lowest BCUT2D eigenvalue weighted by atomic mass is 9.85. The first kappa shape index (κ1) is 19.1. The fraction of sp³-hybridized carbons (Fsp3) is 0.600. The lowest BCUT2D eigenvalue weighted by Crippen LogP contribution is -2.39. The summed E-state index contributed by atoms with van der Waals surface area (Å²) in [5, 5.41) is 7.53. The van der Waals surface area contributed by atoms with Crippen molar-refractivity contribution in [2.75, 3.05) is 20.1 Å². The molecule has 0 spiro atoms. The van der Waals surface area contributed by atoms with Crippen molar-refractivity contribution in [3.63, 3.8) is 0 Å². The molecule has 1 saturated heterocycles. The summed E-state index contributed by atoms with van der Waals surface area (Å²) < 4.78 is 0. The highest BCUT2D eigenvalue weighted by Gasteiger charge is 2.58. The zero-order chi connectivity index (χ0) is 19.8. The zero-order valence-corrected chi connectivity index (χ0v) is 17.4. The fourth-order valence-corrected chi connectivity index (χ4v) is 5.50. The van der Waals surface area contributed by atoms with Gasteiger partial charge in [0, 0.05) is 25.0 Å². The van der Waals surface area contributed by atoms with Crippen LogP contribution in [-0.2, 0) is 16.1 Å². The summed E-state index contributed by atoms with van der Waals surface area (Å²) in [5.41, 5.74) is 1.07. The van der Waals surface area contributed by atoms with E-state index in [4.69, 9.17) is 0 Å². The molecule has 2 aliphatic carbocycles. The van der Waals surface area contributed by atoms with Gasteiger partial charge in [-0.1, -0.05) is 12.2 Å². The van der Waals surface area contributed by atoms with Crippen LogP contribution >= 0.6 is 11.3 Å². The Morgan fingerprint density at radius 1 is 1.21 bits per heavy atom. The number of allylic oxidation sites excluding steroid dienone is 2. The van der Waals surface area contributed by atoms with Crippen LogP contribution < -0.4 is 10.6 Å². The van der Waals surface area contributed by atoms with Crippen LogP contribution in [0.3, 0.4) is 0 Å². The number of imide groups is 1. The van der Waals surface area contributed by atoms with E-state index >= 15 is 0 Å². The van der Waals surface area contributed by atoms with Gasteiger partial charge in [0.1, 0.15) is 5.01 Å². The first-order valence-corrected chi connectivity index (χ1v) is 10.7. The molecule has 0 radical (unpaired) electrons. The van der Waals surface area contributed by atoms with E-state index in [9.17, 15) is 9.59 Å². The SMILES string of the molecule is CN=C(NCCCN1C(=O)C2C3C=CC(C3)C2C1=O)NCc1nc(C)c(C)s1. The van der Waals surface area contributed by atoms with Crippen molar-refractivity contribution in [3.05, 3.63) is 27.7 Å². The second-order valence-electron chi connectivity index (χ2n) is 7.78. The fourth-order valence-electron chi connectivity index (χ4n) is 4.62. The lowest BCUT2D eigenvalue weighted by molar-refractivity contribution is -0.140. The summed E-state index contributed by atoms with van der Waals surface area (Å²) in [5.74, 6) is 1.10. The number of guanidine groups is 1. The Morgan fingerprint density at radius 2 is 1.89 bits per heavy atom. The molecular weight excluding hydrogens is 374 g/mol. The highest BCUT2D eigenvalue weighted by atomic mass is 32.1. The van der Waals surface area contributed by atoms with Gasteiger partial charge in [-0.25, -0.2) is 4.98 Å². The number of nitrogens with zero attached hydrogens (tertiary/aromatic N) is 3. The molecule has 2 fully saturated rings. The van der Waals surface area contributed by atoms with Gasteiger partial charge in [-0.2, -0.15) is 0 Å². The third kappa shape index (κ3) is 3.34. The molecular formula is C20H27N5O2S. The van der Waals surface area contributed by atoms with Gasteiger partial charge in [0.2, 0.25) is 11.8 Å². The number of aliphatic imine (C=N–C) groups is 1. The number of amides is 2. The van der Waals surface area contributed by atoms with Crippen LogP contribution in [0.25, 0.3) is 0 Å². The van der Waals surface area contributed by atoms with E-state index in [0.29, 0.717) is 32.0 Å². The minimum Gasteiger partial charge on any atom is -0.356 e. The molecule has 150 valence electrons. The molecule has 2 N–H and O–H groups in total. The molecule has 8 heteroatoms. The predicted octanol–water partition coefficient (Wildman–Crippen LogP) is 1.62. The van der Waals surface area contributed by atoms with E-state index in [0.717, 1.165) is 17.1 Å². The van der Waals surface area contributed by atoms with Crippen LogP contribution in [0.15, 0.2) is 17.1 Å². The monoisotopic (exact) mass is 401 g/mol. The van der Waals surface area contributed by atoms with Crippen molar-refractivity contribution < 1.29 is 9.59 Å². The molecule has 2 bridgehead atoms. The van der Waals surface area contributed by atoms with E-state index in [1.54, 1.807) is 18.4 Å². The Bertz CT molecular complexity index is 796. The minimum absolute atomic E-state index is 0.0314. The highest BCUT2D eigenvalue weighted by molar-refractivity contribution is 7.11. The van der Waals surface area contributed by atoms with Gasteiger partial charge in [0.05, 0.1) is 24.1 Å². The van der Waals surface area contributed by atoms with Crippen LogP contribution in [0.4, 0.5) is 0 Å². The Hall–Kier alpha value is -2.22. The van der Waals surface area contributed by atoms with Gasteiger partial charge in [-0.05, 0) is 38.5 Å². The number of aromatic nitrogens is 1. The third-order valence-corrected chi connectivity index (χ3v) is 7.19. The molecule has 4 atom stereocenters. The topological polar surface area (TPSA) is 86.7 Å². The van der Waals surface area contributed by atoms with Crippen LogP contribution in [-0.4, -0.2) is 47.8 Å². The summed E-state index contributed by atoms with van der Waals surface area (Å²) in [7, 11) is 1.73. The molecule has 1 saturated carbocycles. The van der Waals surface area contributed by atoms with Crippen LogP contribution in [0.1, 0.15) is 28.4 Å². The Morgan fingerprint density at radius 3 is 2.46 bits per heavy atom. The number of fused-ring (bicyclic) bond motifs is 5. The predicted molar refractivity (Wildman–Crippen MR) is 109 cm³/mol. The molecule has 2 heterocycles. The first-order chi connectivity index (χ1) is 13.5. The smallest absolute Gasteiger partial charge is 0.233 e. The van der Waals surface area contributed by atoms with Gasteiger partial charge in [-0.3, -0.25) is 19.5 Å². The second-order valence-corrected chi connectivity index (χ2v) is 9.07. The Labute approximate surface area is 169 Å². The molecule has 1 aliphatic heterocycles. The van der Waals surface area contributed by atoms with Gasteiger partial charge >= 0.3 is 0 Å². The average molecular weight is 402 g/mol. The maximum atomic E-state index is 12.7. The summed E-state index contributed by atoms with van der Waals surface area (Å²) in [6.45, 7) is 5.83. The highest BCUT2D eigenvalue weighted by Crippen LogP contribution is 2.52. The zero-order valence-electron chi connectivity index (χ0n) is 16.6. The summed E-state index contributed by atoms with van der Waals surface area (Å²) in [4.78, 5) is 36.8. The molecule has 4 rings (SSSR count). The van der Waals surface area contributed by atoms with Gasteiger partial charge in [-0.15, -0.1) is 11.3 Å². The number of hydrogen-bond donors (Lipinski definition) is 2. The van der Waals surface area contributed by atoms with Crippen molar-refractivity contribution in [3.8, 4) is 0 Å². The van der Waals surface area contributed by atoms with Crippen molar-refractivity contribution in [2.24, 2.45) is 28.7 Å². The van der Waals surface area contributed by atoms with Crippen molar-refractivity contribution in [1.82, 2.24) is 20.5 Å². The summed E-state index contributed by atoms with van der Waals surface area (Å²) >= 11 is 1.68. The van der Waals surface area contributed by atoms with Crippen molar-refractivity contribution in [2.45, 2.75) is 33.2 Å². The van der Waals surface area contributed by atoms with Gasteiger partial charge < -0.3 is 10.6 Å². The summed E-state index contributed by atoms with van der Waals surface area (Å²) in [6, 6.07) is 0. The molecule has 28 heavy (non-hydrogen) atoms. The largest absolute Gasteiger partial charge is 0.356 e. The summed E-state index contributed by atoms with van der Waals surface area (Å²) in [6.07, 6.45) is 5.94. The lowest BCUT2D eigenvalue weighted by Gasteiger charge is -2.17. The maximum absolute atomic E-state index is 12.7. The normalized spacial score (nSPS) is 28.4. The van der Waals surface area contributed by atoms with E-state index in [2.05, 4.69) is 39.7 Å². The molecule has 3 aliphatic rings. The van der Waals surface area contributed by atoms with E-state index < -0.39 is 0 Å². The number of rotatable bonds is 6. The van der Waals surface area contributed by atoms with E-state index in [1.807, 2.05) is 6.92 Å². The van der Waals surface area contributed by atoms with Crippen molar-refractivity contribution in [1.29, 1.82) is 0 Å². The molecule has 1 aromatic heterocycles. The molecule has 4 unspecified atom stereocenters. The quantitative estimate of drug-likeness (QED) is 0.249. The number of hydrogen-bond acceptors (Lipinski definition) is 5. The Kier molecular flexibility index (Phi) is 5.23. The van der Waals surface area contributed by atoms with Crippen LogP contribution in [0.2, 0.25) is 0 Å². The molecule has 2 amide bonds. The average Bonchev–Trinajstić information content (AvgIpc) is 3.42. The van der Waals surface area contributed by atoms with Crippen LogP contribution in [0.5, 0.6) is 0 Å².